The highest BCUT2D eigenvalue weighted by molar-refractivity contribution is 9.10. The minimum absolute atomic E-state index is 0.0451. The van der Waals surface area contributed by atoms with Gasteiger partial charge in [0, 0.05) is 25.6 Å². The van der Waals surface area contributed by atoms with E-state index in [4.69, 9.17) is 13.6 Å². The maximum absolute atomic E-state index is 13.1. The zero-order valence-corrected chi connectivity index (χ0v) is 30.2. The molecule has 3 saturated heterocycles. The van der Waals surface area contributed by atoms with Crippen molar-refractivity contribution < 1.29 is 28.3 Å². The number of fused-ring (bicyclic) bond motifs is 3. The number of amides is 2. The lowest BCUT2D eigenvalue weighted by Gasteiger charge is -2.44. The SMILES string of the molecule is Cc1ccc(CN(Cc2cc(C)c(C)o2)C(=O)O)o1.Cc1ccsc1CN(Cc1cc(Br)c(C)s1)C(=O)O[C@H]1CN2CCC1CC2. The number of piperidine rings is 3. The van der Waals surface area contributed by atoms with Crippen LogP contribution >= 0.6 is 38.6 Å². The number of nitrogens with zero attached hydrogens (tertiary/aromatic N) is 3. The molecule has 9 nitrogen and oxygen atoms in total. The van der Waals surface area contributed by atoms with Gasteiger partial charge >= 0.3 is 12.2 Å². The third-order valence-corrected chi connectivity index (χ3v) is 11.8. The van der Waals surface area contributed by atoms with Gasteiger partial charge in [-0.1, -0.05) is 0 Å². The Bertz CT molecular complexity index is 1590. The smallest absolute Gasteiger partial charge is 0.410 e. The van der Waals surface area contributed by atoms with Crippen LogP contribution < -0.4 is 0 Å². The third kappa shape index (κ3) is 8.84. The summed E-state index contributed by atoms with van der Waals surface area (Å²) in [5, 5.41) is 11.3. The Morgan fingerprint density at radius 3 is 2.22 bits per heavy atom. The Kier molecular flexibility index (Phi) is 11.3. The summed E-state index contributed by atoms with van der Waals surface area (Å²) in [6, 6.07) is 9.69. The zero-order valence-electron chi connectivity index (χ0n) is 27.0. The van der Waals surface area contributed by atoms with Crippen LogP contribution in [0.25, 0.3) is 0 Å². The lowest BCUT2D eigenvalue weighted by Crippen LogP contribution is -2.52. The molecule has 0 aromatic carbocycles. The standard InChI is InChI=1S/C20H25BrN2O2S2.C14H17NO4/c1-13-5-8-26-19(13)12-23(10-16-9-17(21)14(2)27-16)20(24)25-18-11-22-6-3-15(18)4-7-22;1-9-6-13(19-11(9)3)8-15(14(16)17)7-12-5-4-10(2)18-12/h5,8-9,15,18H,3-4,6-7,10-12H2,1-2H3;4-6H,7-8H2,1-3H3,(H,16,17)/t18-;/m0./s1. The second-order valence-electron chi connectivity index (χ2n) is 12.2. The maximum atomic E-state index is 13.1. The van der Waals surface area contributed by atoms with Gasteiger partial charge < -0.3 is 18.7 Å². The second kappa shape index (κ2) is 15.2. The number of aryl methyl sites for hydroxylation is 5. The number of hydrogen-bond donors (Lipinski definition) is 1. The number of carbonyl (C=O) groups excluding carboxylic acids is 1. The van der Waals surface area contributed by atoms with Crippen molar-refractivity contribution in [2.24, 2.45) is 5.92 Å². The van der Waals surface area contributed by atoms with Gasteiger partial charge in [-0.3, -0.25) is 14.7 Å². The molecular formula is C34H42BrN3O6S2. The summed E-state index contributed by atoms with van der Waals surface area (Å²) in [7, 11) is 0. The third-order valence-electron chi connectivity index (χ3n) is 8.64. The average Bonchev–Trinajstić information content (AvgIpc) is 3.78. The first-order valence-electron chi connectivity index (χ1n) is 15.5. The summed E-state index contributed by atoms with van der Waals surface area (Å²) in [6.07, 6.45) is 1.17. The van der Waals surface area contributed by atoms with Crippen molar-refractivity contribution in [1.82, 2.24) is 14.7 Å². The average molecular weight is 733 g/mol. The summed E-state index contributed by atoms with van der Waals surface area (Å²) in [6.45, 7) is 14.6. The molecule has 3 aliphatic rings. The first-order valence-corrected chi connectivity index (χ1v) is 18.0. The Hall–Kier alpha value is -3.06. The first-order chi connectivity index (χ1) is 21.9. The van der Waals surface area contributed by atoms with E-state index in [-0.39, 0.29) is 25.3 Å². The van der Waals surface area contributed by atoms with Crippen LogP contribution in [0.2, 0.25) is 0 Å². The Balaban J connectivity index is 0.000000193. The van der Waals surface area contributed by atoms with E-state index in [1.165, 1.54) is 25.1 Å². The van der Waals surface area contributed by atoms with Crippen LogP contribution in [0.4, 0.5) is 9.59 Å². The number of furan rings is 2. The van der Waals surface area contributed by atoms with Crippen molar-refractivity contribution >= 4 is 50.8 Å². The highest BCUT2D eigenvalue weighted by atomic mass is 79.9. The molecule has 4 aromatic rings. The number of ether oxygens (including phenoxy) is 1. The fourth-order valence-corrected chi connectivity index (χ4v) is 8.36. The van der Waals surface area contributed by atoms with E-state index in [2.05, 4.69) is 52.2 Å². The van der Waals surface area contributed by atoms with E-state index in [1.807, 2.05) is 37.8 Å². The Morgan fingerprint density at radius 1 is 0.957 bits per heavy atom. The molecule has 2 amide bonds. The fraction of sp³-hybridized carbons (Fsp3) is 0.471. The quantitative estimate of drug-likeness (QED) is 0.184. The van der Waals surface area contributed by atoms with Gasteiger partial charge in [0.15, 0.2) is 0 Å². The summed E-state index contributed by atoms with van der Waals surface area (Å²) in [4.78, 5) is 33.6. The molecule has 1 N–H and O–H groups in total. The monoisotopic (exact) mass is 731 g/mol. The normalized spacial score (nSPS) is 18.6. The molecule has 4 aromatic heterocycles. The van der Waals surface area contributed by atoms with E-state index in [1.54, 1.807) is 28.7 Å². The minimum atomic E-state index is -0.999. The number of carbonyl (C=O) groups is 2. The lowest BCUT2D eigenvalue weighted by molar-refractivity contribution is -0.0448. The van der Waals surface area contributed by atoms with E-state index in [0.29, 0.717) is 30.5 Å². The lowest BCUT2D eigenvalue weighted by atomic mass is 9.86. The van der Waals surface area contributed by atoms with Gasteiger partial charge in [0.1, 0.15) is 29.1 Å². The van der Waals surface area contributed by atoms with E-state index in [9.17, 15) is 14.7 Å². The van der Waals surface area contributed by atoms with Gasteiger partial charge in [0.2, 0.25) is 0 Å². The van der Waals surface area contributed by atoms with Crippen LogP contribution in [-0.2, 0) is 30.9 Å². The number of halogens is 1. The number of thiophene rings is 2. The van der Waals surface area contributed by atoms with Crippen molar-refractivity contribution in [1.29, 1.82) is 0 Å². The van der Waals surface area contributed by atoms with Crippen LogP contribution in [-0.4, -0.2) is 57.7 Å². The Morgan fingerprint density at radius 2 is 1.70 bits per heavy atom. The molecule has 0 aliphatic carbocycles. The van der Waals surface area contributed by atoms with Crippen molar-refractivity contribution in [2.75, 3.05) is 19.6 Å². The minimum Gasteiger partial charge on any atom is -0.465 e. The molecule has 7 heterocycles. The number of rotatable bonds is 9. The predicted molar refractivity (Wildman–Crippen MR) is 183 cm³/mol. The van der Waals surface area contributed by atoms with Gasteiger partial charge in [-0.05, 0) is 129 Å². The number of hydrogen-bond acceptors (Lipinski definition) is 8. The molecular weight excluding hydrogens is 690 g/mol. The van der Waals surface area contributed by atoms with Crippen LogP contribution in [0.3, 0.4) is 0 Å². The Labute approximate surface area is 286 Å². The zero-order chi connectivity index (χ0) is 33.0. The molecule has 248 valence electrons. The molecule has 2 bridgehead atoms. The highest BCUT2D eigenvalue weighted by Gasteiger charge is 2.37. The second-order valence-corrected chi connectivity index (χ2v) is 15.4. The van der Waals surface area contributed by atoms with Gasteiger partial charge in [-0.2, -0.15) is 0 Å². The van der Waals surface area contributed by atoms with Gasteiger partial charge in [0.05, 0.1) is 26.2 Å². The molecule has 46 heavy (non-hydrogen) atoms. The van der Waals surface area contributed by atoms with Gasteiger partial charge in [-0.15, -0.1) is 22.7 Å². The van der Waals surface area contributed by atoms with E-state index < -0.39 is 6.09 Å². The largest absolute Gasteiger partial charge is 0.465 e. The molecule has 0 unspecified atom stereocenters. The van der Waals surface area contributed by atoms with Crippen molar-refractivity contribution in [2.45, 2.75) is 79.7 Å². The van der Waals surface area contributed by atoms with Crippen molar-refractivity contribution in [3.8, 4) is 0 Å². The van der Waals surface area contributed by atoms with Gasteiger partial charge in [0.25, 0.3) is 0 Å². The molecule has 0 spiro atoms. The van der Waals surface area contributed by atoms with Crippen molar-refractivity contribution in [3.63, 3.8) is 0 Å². The summed E-state index contributed by atoms with van der Waals surface area (Å²) < 4.78 is 18.0. The van der Waals surface area contributed by atoms with Crippen LogP contribution in [0.5, 0.6) is 0 Å². The maximum Gasteiger partial charge on any atom is 0.410 e. The topological polar surface area (TPSA) is 99.6 Å². The summed E-state index contributed by atoms with van der Waals surface area (Å²) >= 11 is 7.03. The van der Waals surface area contributed by atoms with E-state index >= 15 is 0 Å². The summed E-state index contributed by atoms with van der Waals surface area (Å²) in [5.74, 6) is 3.38. The molecule has 7 rings (SSSR count). The van der Waals surface area contributed by atoms with Crippen LogP contribution in [0.1, 0.15) is 61.6 Å². The molecule has 12 heteroatoms. The number of carboxylic acid groups (broad SMARTS) is 1. The highest BCUT2D eigenvalue weighted by Crippen LogP contribution is 2.32. The molecule has 1 atom stereocenters. The summed E-state index contributed by atoms with van der Waals surface area (Å²) in [5.41, 5.74) is 2.26. The first kappa shape index (κ1) is 34.3. The molecule has 0 radical (unpaired) electrons. The van der Waals surface area contributed by atoms with Crippen LogP contribution in [0.15, 0.2) is 49.0 Å². The fourth-order valence-electron chi connectivity index (χ4n) is 5.82. The predicted octanol–water partition coefficient (Wildman–Crippen LogP) is 8.90. The van der Waals surface area contributed by atoms with Crippen LogP contribution in [0, 0.1) is 40.5 Å². The molecule has 3 fully saturated rings. The van der Waals surface area contributed by atoms with Crippen molar-refractivity contribution in [3.05, 3.63) is 89.0 Å². The van der Waals surface area contributed by atoms with E-state index in [0.717, 1.165) is 54.0 Å². The molecule has 0 saturated carbocycles. The van der Waals surface area contributed by atoms with Gasteiger partial charge in [-0.25, -0.2) is 9.59 Å². The molecule has 3 aliphatic heterocycles.